The summed E-state index contributed by atoms with van der Waals surface area (Å²) in [6.45, 7) is 7.06. The van der Waals surface area contributed by atoms with Gasteiger partial charge in [-0.05, 0) is 49.8 Å². The average molecular weight is 310 g/mol. The second kappa shape index (κ2) is 7.83. The lowest BCUT2D eigenvalue weighted by atomic mass is 9.95. The molecule has 2 unspecified atom stereocenters. The van der Waals surface area contributed by atoms with Crippen LogP contribution in [-0.4, -0.2) is 29.0 Å². The van der Waals surface area contributed by atoms with Crippen molar-refractivity contribution in [2.75, 3.05) is 13.1 Å². The molecular formula is C21H30N2. The molecule has 0 amide bonds. The molecule has 2 heteroatoms. The van der Waals surface area contributed by atoms with E-state index >= 15 is 0 Å². The number of nitrogens with zero attached hydrogens (tertiary/aromatic N) is 1. The molecule has 0 bridgehead atoms. The number of aromatic amines is 1. The lowest BCUT2D eigenvalue weighted by molar-refractivity contribution is 0.181. The molecule has 2 aromatic rings. The standard InChI is InChI=1S/C21H30N2/c1-3-8-19-13-12-17(4-2)16-23(19)14-7-9-18-15-22-21-11-6-5-10-20(18)21/h5-6,10-13,15,17,19,22H,3-4,7-9,14,16H2,1-2H3. The number of aromatic nitrogens is 1. The summed E-state index contributed by atoms with van der Waals surface area (Å²) < 4.78 is 0. The van der Waals surface area contributed by atoms with Crippen LogP contribution >= 0.6 is 0 Å². The molecule has 23 heavy (non-hydrogen) atoms. The van der Waals surface area contributed by atoms with E-state index in [4.69, 9.17) is 0 Å². The predicted octanol–water partition coefficient (Wildman–Crippen LogP) is 5.17. The highest BCUT2D eigenvalue weighted by atomic mass is 15.2. The summed E-state index contributed by atoms with van der Waals surface area (Å²) in [6.07, 6.45) is 13.3. The van der Waals surface area contributed by atoms with Gasteiger partial charge in [-0.1, -0.05) is 50.6 Å². The van der Waals surface area contributed by atoms with Crippen LogP contribution in [-0.2, 0) is 6.42 Å². The summed E-state index contributed by atoms with van der Waals surface area (Å²) in [7, 11) is 0. The average Bonchev–Trinajstić information content (AvgIpc) is 3.00. The normalized spacial score (nSPS) is 22.0. The lowest BCUT2D eigenvalue weighted by Crippen LogP contribution is -2.41. The van der Waals surface area contributed by atoms with Crippen LogP contribution in [0.15, 0.2) is 42.6 Å². The predicted molar refractivity (Wildman–Crippen MR) is 99.8 cm³/mol. The van der Waals surface area contributed by atoms with Crippen molar-refractivity contribution in [3.8, 4) is 0 Å². The van der Waals surface area contributed by atoms with E-state index in [0.717, 1.165) is 5.92 Å². The number of para-hydroxylation sites is 1. The second-order valence-electron chi connectivity index (χ2n) is 6.87. The van der Waals surface area contributed by atoms with Gasteiger partial charge in [0.15, 0.2) is 0 Å². The molecule has 1 N–H and O–H groups in total. The summed E-state index contributed by atoms with van der Waals surface area (Å²) in [5, 5.41) is 1.39. The van der Waals surface area contributed by atoms with Crippen LogP contribution in [0.4, 0.5) is 0 Å². The van der Waals surface area contributed by atoms with Crippen molar-refractivity contribution in [3.05, 3.63) is 48.2 Å². The molecule has 1 aliphatic heterocycles. The molecule has 0 fully saturated rings. The molecular weight excluding hydrogens is 280 g/mol. The fourth-order valence-electron chi connectivity index (χ4n) is 3.81. The summed E-state index contributed by atoms with van der Waals surface area (Å²) >= 11 is 0. The number of hydrogen-bond donors (Lipinski definition) is 1. The minimum atomic E-state index is 0.658. The Kier molecular flexibility index (Phi) is 5.56. The zero-order valence-corrected chi connectivity index (χ0v) is 14.6. The van der Waals surface area contributed by atoms with E-state index in [2.05, 4.69) is 66.3 Å². The SMILES string of the molecule is CCCC1C=CC(CC)CN1CCCc1c[nH]c2ccccc12. The fraction of sp³-hybridized carbons (Fsp3) is 0.524. The first-order valence-corrected chi connectivity index (χ1v) is 9.29. The molecule has 1 aliphatic rings. The van der Waals surface area contributed by atoms with E-state index in [0.29, 0.717) is 6.04 Å². The number of fused-ring (bicyclic) bond motifs is 1. The summed E-state index contributed by atoms with van der Waals surface area (Å²) in [6, 6.07) is 9.29. The monoisotopic (exact) mass is 310 g/mol. The van der Waals surface area contributed by atoms with Crippen molar-refractivity contribution in [1.82, 2.24) is 9.88 Å². The van der Waals surface area contributed by atoms with Crippen LogP contribution in [0, 0.1) is 5.92 Å². The smallest absolute Gasteiger partial charge is 0.0456 e. The Balaban J connectivity index is 1.59. The van der Waals surface area contributed by atoms with Gasteiger partial charge >= 0.3 is 0 Å². The number of aryl methyl sites for hydroxylation is 1. The summed E-state index contributed by atoms with van der Waals surface area (Å²) in [5.74, 6) is 0.746. The molecule has 2 heterocycles. The van der Waals surface area contributed by atoms with E-state index < -0.39 is 0 Å². The van der Waals surface area contributed by atoms with Crippen molar-refractivity contribution in [3.63, 3.8) is 0 Å². The van der Waals surface area contributed by atoms with Crippen LogP contribution < -0.4 is 0 Å². The van der Waals surface area contributed by atoms with Gasteiger partial charge in [-0.3, -0.25) is 4.90 Å². The molecule has 3 rings (SSSR count). The van der Waals surface area contributed by atoms with Crippen LogP contribution in [0.2, 0.25) is 0 Å². The van der Waals surface area contributed by atoms with Crippen molar-refractivity contribution in [2.45, 2.75) is 52.0 Å². The maximum atomic E-state index is 3.40. The Hall–Kier alpha value is -1.54. The van der Waals surface area contributed by atoms with Gasteiger partial charge < -0.3 is 4.98 Å². The van der Waals surface area contributed by atoms with Crippen molar-refractivity contribution in [2.24, 2.45) is 5.92 Å². The molecule has 1 aromatic heterocycles. The first-order chi connectivity index (χ1) is 11.3. The topological polar surface area (TPSA) is 19.0 Å². The Labute approximate surface area is 140 Å². The molecule has 2 nitrogen and oxygen atoms in total. The van der Waals surface area contributed by atoms with E-state index in [1.165, 1.54) is 61.7 Å². The van der Waals surface area contributed by atoms with Gasteiger partial charge in [0.25, 0.3) is 0 Å². The van der Waals surface area contributed by atoms with E-state index in [1.54, 1.807) is 0 Å². The Bertz CT molecular complexity index is 640. The van der Waals surface area contributed by atoms with Gasteiger partial charge in [0.2, 0.25) is 0 Å². The zero-order valence-electron chi connectivity index (χ0n) is 14.6. The van der Waals surface area contributed by atoms with E-state index in [-0.39, 0.29) is 0 Å². The molecule has 0 saturated heterocycles. The van der Waals surface area contributed by atoms with Gasteiger partial charge in [-0.25, -0.2) is 0 Å². The third-order valence-electron chi connectivity index (χ3n) is 5.22. The lowest BCUT2D eigenvalue weighted by Gasteiger charge is -2.35. The number of nitrogens with one attached hydrogen (secondary N) is 1. The van der Waals surface area contributed by atoms with Gasteiger partial charge in [0, 0.05) is 29.7 Å². The van der Waals surface area contributed by atoms with Crippen molar-refractivity contribution in [1.29, 1.82) is 0 Å². The van der Waals surface area contributed by atoms with Crippen LogP contribution in [0.1, 0.15) is 45.1 Å². The third-order valence-corrected chi connectivity index (χ3v) is 5.22. The number of rotatable bonds is 7. The van der Waals surface area contributed by atoms with Gasteiger partial charge in [-0.2, -0.15) is 0 Å². The molecule has 0 saturated carbocycles. The molecule has 0 aliphatic carbocycles. The maximum Gasteiger partial charge on any atom is 0.0456 e. The van der Waals surface area contributed by atoms with Crippen molar-refractivity contribution < 1.29 is 0 Å². The van der Waals surface area contributed by atoms with Gasteiger partial charge in [-0.15, -0.1) is 0 Å². The highest BCUT2D eigenvalue weighted by Crippen LogP contribution is 2.23. The molecule has 0 spiro atoms. The van der Waals surface area contributed by atoms with Gasteiger partial charge in [0.05, 0.1) is 0 Å². The zero-order chi connectivity index (χ0) is 16.1. The summed E-state index contributed by atoms with van der Waals surface area (Å²) in [5.41, 5.74) is 2.73. The highest BCUT2D eigenvalue weighted by molar-refractivity contribution is 5.82. The largest absolute Gasteiger partial charge is 0.361 e. The van der Waals surface area contributed by atoms with Crippen LogP contribution in [0.3, 0.4) is 0 Å². The number of hydrogen-bond acceptors (Lipinski definition) is 1. The summed E-state index contributed by atoms with van der Waals surface area (Å²) in [4.78, 5) is 6.11. The highest BCUT2D eigenvalue weighted by Gasteiger charge is 2.21. The fourth-order valence-corrected chi connectivity index (χ4v) is 3.81. The van der Waals surface area contributed by atoms with Gasteiger partial charge in [0.1, 0.15) is 0 Å². The number of benzene rings is 1. The first kappa shape index (κ1) is 16.3. The first-order valence-electron chi connectivity index (χ1n) is 9.29. The third kappa shape index (κ3) is 3.87. The van der Waals surface area contributed by atoms with Crippen LogP contribution in [0.5, 0.6) is 0 Å². The van der Waals surface area contributed by atoms with E-state index in [1.807, 2.05) is 0 Å². The quantitative estimate of drug-likeness (QED) is 0.699. The second-order valence-corrected chi connectivity index (χ2v) is 6.87. The molecule has 2 atom stereocenters. The molecule has 1 aromatic carbocycles. The Morgan fingerprint density at radius 1 is 1.17 bits per heavy atom. The molecule has 124 valence electrons. The molecule has 0 radical (unpaired) electrons. The minimum Gasteiger partial charge on any atom is -0.361 e. The van der Waals surface area contributed by atoms with E-state index in [9.17, 15) is 0 Å². The van der Waals surface area contributed by atoms with Crippen LogP contribution in [0.25, 0.3) is 10.9 Å². The Morgan fingerprint density at radius 3 is 2.87 bits per heavy atom. The maximum absolute atomic E-state index is 3.40. The Morgan fingerprint density at radius 2 is 2.04 bits per heavy atom. The number of H-pyrrole nitrogens is 1. The minimum absolute atomic E-state index is 0.658. The van der Waals surface area contributed by atoms with Crippen molar-refractivity contribution >= 4 is 10.9 Å².